The van der Waals surface area contributed by atoms with Crippen LogP contribution in [0.15, 0.2) is 70.7 Å². The Morgan fingerprint density at radius 3 is 2.52 bits per heavy atom. The molecule has 0 aliphatic carbocycles. The van der Waals surface area contributed by atoms with Gasteiger partial charge in [-0.25, -0.2) is 4.99 Å². The summed E-state index contributed by atoms with van der Waals surface area (Å²) in [5.41, 5.74) is 4.93. The van der Waals surface area contributed by atoms with Crippen LogP contribution in [0.1, 0.15) is 24.1 Å². The molecule has 1 atom stereocenters. The van der Waals surface area contributed by atoms with Gasteiger partial charge < -0.3 is 4.90 Å². The fourth-order valence-electron chi connectivity index (χ4n) is 2.82. The molecule has 0 N–H and O–H groups in total. The first-order valence-corrected chi connectivity index (χ1v) is 7.58. The van der Waals surface area contributed by atoms with Crippen molar-refractivity contribution in [1.29, 1.82) is 0 Å². The van der Waals surface area contributed by atoms with Crippen LogP contribution in [0.3, 0.4) is 0 Å². The van der Waals surface area contributed by atoms with E-state index in [0.29, 0.717) is 0 Å². The number of hydrogen-bond acceptors (Lipinski definition) is 3. The largest absolute Gasteiger partial charge is 0.312 e. The van der Waals surface area contributed by atoms with Crippen molar-refractivity contribution in [3.05, 3.63) is 76.8 Å². The molecule has 2 aliphatic heterocycles. The molecule has 0 aromatic heterocycles. The van der Waals surface area contributed by atoms with Gasteiger partial charge in [-0.3, -0.25) is 0 Å². The number of nitrogens with zero attached hydrogens (tertiary/aromatic N) is 2. The van der Waals surface area contributed by atoms with E-state index in [1.54, 1.807) is 11.8 Å². The highest BCUT2D eigenvalue weighted by molar-refractivity contribution is 8.93. The first kappa shape index (κ1) is 14.4. The zero-order valence-electron chi connectivity index (χ0n) is 11.6. The maximum Gasteiger partial charge on any atom is 0.173 e. The second-order valence-electron chi connectivity index (χ2n) is 5.01. The number of fused-ring (bicyclic) bond motifs is 2. The topological polar surface area (TPSA) is 15.6 Å². The van der Waals surface area contributed by atoms with Gasteiger partial charge in [0.05, 0.1) is 11.7 Å². The smallest absolute Gasteiger partial charge is 0.173 e. The van der Waals surface area contributed by atoms with Gasteiger partial charge in [0.15, 0.2) is 5.17 Å². The summed E-state index contributed by atoms with van der Waals surface area (Å²) in [6.07, 6.45) is 0. The fraction of sp³-hybridized carbons (Fsp3) is 0.118. The van der Waals surface area contributed by atoms with Gasteiger partial charge in [0.1, 0.15) is 0 Å². The third kappa shape index (κ3) is 2.32. The van der Waals surface area contributed by atoms with Crippen LogP contribution in [-0.2, 0) is 0 Å². The molecule has 2 aromatic carbocycles. The molecule has 0 amide bonds. The van der Waals surface area contributed by atoms with Crippen molar-refractivity contribution in [2.45, 2.75) is 13.0 Å². The number of amidine groups is 1. The van der Waals surface area contributed by atoms with E-state index < -0.39 is 0 Å². The van der Waals surface area contributed by atoms with Crippen LogP contribution in [0.5, 0.6) is 0 Å². The lowest BCUT2D eigenvalue weighted by molar-refractivity contribution is 0.442. The Morgan fingerprint density at radius 1 is 1.00 bits per heavy atom. The van der Waals surface area contributed by atoms with Gasteiger partial charge >= 0.3 is 0 Å². The van der Waals surface area contributed by atoms with E-state index in [2.05, 4.69) is 71.8 Å². The van der Waals surface area contributed by atoms with E-state index in [1.165, 1.54) is 16.8 Å². The average molecular weight is 359 g/mol. The maximum absolute atomic E-state index is 4.79. The monoisotopic (exact) mass is 358 g/mol. The molecule has 21 heavy (non-hydrogen) atoms. The Hall–Kier alpha value is -1.52. The number of rotatable bonds is 1. The molecule has 4 rings (SSSR count). The van der Waals surface area contributed by atoms with Crippen molar-refractivity contribution < 1.29 is 0 Å². The predicted octanol–water partition coefficient (Wildman–Crippen LogP) is 5.27. The van der Waals surface area contributed by atoms with Crippen LogP contribution in [-0.4, -0.2) is 10.1 Å². The normalized spacial score (nSPS) is 19.1. The van der Waals surface area contributed by atoms with Crippen LogP contribution in [0.4, 0.5) is 5.69 Å². The van der Waals surface area contributed by atoms with E-state index in [0.717, 1.165) is 10.9 Å². The summed E-state index contributed by atoms with van der Waals surface area (Å²) in [6.45, 7) is 2.15. The molecule has 4 heteroatoms. The summed E-state index contributed by atoms with van der Waals surface area (Å²) in [5.74, 6) is 0. The zero-order valence-corrected chi connectivity index (χ0v) is 14.1. The second-order valence-corrected chi connectivity index (χ2v) is 5.85. The van der Waals surface area contributed by atoms with Crippen molar-refractivity contribution in [2.24, 2.45) is 4.99 Å². The summed E-state index contributed by atoms with van der Waals surface area (Å²) >= 11 is 1.71. The van der Waals surface area contributed by atoms with Crippen LogP contribution in [0.25, 0.3) is 0 Å². The average Bonchev–Trinajstić information content (AvgIpc) is 2.87. The minimum Gasteiger partial charge on any atom is -0.312 e. The molecule has 0 unspecified atom stereocenters. The summed E-state index contributed by atoms with van der Waals surface area (Å²) in [6, 6.07) is 19.3. The standard InChI is InChI=1S/C17H14N2S.BrH/c1-12-11-20-17-18-15-10-6-5-9-14(15)16(19(12)17)13-7-3-2-4-8-13;/h2-11,16H,1H3;1H/t16-;/m1./s1. The predicted molar refractivity (Wildman–Crippen MR) is 95.3 cm³/mol. The molecule has 0 saturated carbocycles. The van der Waals surface area contributed by atoms with E-state index in [-0.39, 0.29) is 23.0 Å². The Morgan fingerprint density at radius 2 is 1.71 bits per heavy atom. The molecular formula is C17H15BrN2S. The highest BCUT2D eigenvalue weighted by atomic mass is 79.9. The van der Waals surface area contributed by atoms with Crippen LogP contribution < -0.4 is 0 Å². The third-order valence-corrected chi connectivity index (χ3v) is 4.70. The summed E-state index contributed by atoms with van der Waals surface area (Å²) < 4.78 is 0. The molecule has 2 nitrogen and oxygen atoms in total. The van der Waals surface area contributed by atoms with Crippen molar-refractivity contribution in [3.63, 3.8) is 0 Å². The Labute approximate surface area is 139 Å². The number of halogens is 1. The molecule has 0 bridgehead atoms. The molecule has 2 aromatic rings. The van der Waals surface area contributed by atoms with E-state index in [9.17, 15) is 0 Å². The van der Waals surface area contributed by atoms with Crippen molar-refractivity contribution in [1.82, 2.24) is 4.90 Å². The SMILES string of the molecule is Br.CC1=CSC2=Nc3ccccc3[C@@H](c3ccccc3)N12. The molecular weight excluding hydrogens is 344 g/mol. The van der Waals surface area contributed by atoms with Crippen molar-refractivity contribution in [3.8, 4) is 0 Å². The molecule has 106 valence electrons. The molecule has 2 heterocycles. The quantitative estimate of drug-likeness (QED) is 0.690. The summed E-state index contributed by atoms with van der Waals surface area (Å²) in [7, 11) is 0. The lowest BCUT2D eigenvalue weighted by Gasteiger charge is -2.35. The van der Waals surface area contributed by atoms with Gasteiger partial charge in [0, 0.05) is 11.3 Å². The third-order valence-electron chi connectivity index (χ3n) is 3.74. The minimum absolute atomic E-state index is 0. The lowest BCUT2D eigenvalue weighted by atomic mass is 9.94. The van der Waals surface area contributed by atoms with Crippen molar-refractivity contribution in [2.75, 3.05) is 0 Å². The van der Waals surface area contributed by atoms with Gasteiger partial charge in [-0.15, -0.1) is 17.0 Å². The summed E-state index contributed by atoms with van der Waals surface area (Å²) in [5, 5.41) is 3.26. The van der Waals surface area contributed by atoms with Crippen molar-refractivity contribution >= 4 is 39.6 Å². The Kier molecular flexibility index (Phi) is 3.91. The van der Waals surface area contributed by atoms with E-state index in [4.69, 9.17) is 4.99 Å². The van der Waals surface area contributed by atoms with E-state index in [1.807, 2.05) is 0 Å². The van der Waals surface area contributed by atoms with E-state index >= 15 is 0 Å². The minimum atomic E-state index is 0. The number of hydrogen-bond donors (Lipinski definition) is 0. The highest BCUT2D eigenvalue weighted by Gasteiger charge is 2.34. The van der Waals surface area contributed by atoms with Gasteiger partial charge in [-0.1, -0.05) is 60.3 Å². The molecule has 2 aliphatic rings. The Bertz CT molecular complexity index is 725. The highest BCUT2D eigenvalue weighted by Crippen LogP contribution is 2.45. The number of para-hydroxylation sites is 1. The first-order valence-electron chi connectivity index (χ1n) is 6.70. The second kappa shape index (κ2) is 5.70. The molecule has 0 radical (unpaired) electrons. The number of benzene rings is 2. The van der Waals surface area contributed by atoms with Crippen LogP contribution in [0.2, 0.25) is 0 Å². The van der Waals surface area contributed by atoms with Crippen LogP contribution in [0, 0.1) is 0 Å². The maximum atomic E-state index is 4.79. The van der Waals surface area contributed by atoms with Gasteiger partial charge in [-0.2, -0.15) is 0 Å². The lowest BCUT2D eigenvalue weighted by Crippen LogP contribution is -2.31. The first-order chi connectivity index (χ1) is 9.84. The molecule has 0 saturated heterocycles. The van der Waals surface area contributed by atoms with Gasteiger partial charge in [-0.05, 0) is 24.0 Å². The Balaban J connectivity index is 0.00000132. The number of aliphatic imine (C=N–C) groups is 1. The van der Waals surface area contributed by atoms with Gasteiger partial charge in [0.25, 0.3) is 0 Å². The number of allylic oxidation sites excluding steroid dienone is 1. The summed E-state index contributed by atoms with van der Waals surface area (Å²) in [4.78, 5) is 7.12. The number of thioether (sulfide) groups is 1. The fourth-order valence-corrected chi connectivity index (χ4v) is 3.73. The zero-order chi connectivity index (χ0) is 13.5. The van der Waals surface area contributed by atoms with Crippen LogP contribution >= 0.6 is 28.7 Å². The molecule has 0 spiro atoms. The molecule has 0 fully saturated rings. The van der Waals surface area contributed by atoms with Gasteiger partial charge in [0.2, 0.25) is 0 Å².